The Bertz CT molecular complexity index is 803. The van der Waals surface area contributed by atoms with Crippen LogP contribution in [0.5, 0.6) is 0 Å². The minimum absolute atomic E-state index is 0.00839. The topological polar surface area (TPSA) is 9.72 Å². The smallest absolute Gasteiger partial charge is 0.149 e. The van der Waals surface area contributed by atoms with Crippen LogP contribution in [0.1, 0.15) is 0 Å². The van der Waals surface area contributed by atoms with Crippen LogP contribution >= 0.6 is 0 Å². The van der Waals surface area contributed by atoms with Crippen molar-refractivity contribution in [3.05, 3.63) is 90.5 Å². The minimum Gasteiger partial charge on any atom is -0.336 e. The van der Waals surface area contributed by atoms with Gasteiger partial charge in [0.05, 0.1) is 20.0 Å². The summed E-state index contributed by atoms with van der Waals surface area (Å²) in [5, 5.41) is 0. The van der Waals surface area contributed by atoms with Gasteiger partial charge in [-0.05, 0) is 36.4 Å². The molecule has 0 unspecified atom stereocenters. The Morgan fingerprint density at radius 2 is 0.923 bits per heavy atom. The Morgan fingerprint density at radius 3 is 1.38 bits per heavy atom. The largest absolute Gasteiger partial charge is 0.336 e. The van der Waals surface area contributed by atoms with Crippen LogP contribution in [-0.2, 0) is 0 Å². The molecule has 132 valence electrons. The lowest BCUT2D eigenvalue weighted by Crippen LogP contribution is -2.56. The van der Waals surface area contributed by atoms with Crippen molar-refractivity contribution < 1.29 is 8.78 Å². The molecule has 5 heteroatoms. The fraction of sp³-hybridized carbons (Fsp3) is 0.143. The van der Waals surface area contributed by atoms with Crippen molar-refractivity contribution in [1.29, 1.82) is 0 Å². The van der Waals surface area contributed by atoms with Crippen molar-refractivity contribution in [2.45, 2.75) is 0 Å². The van der Waals surface area contributed by atoms with E-state index in [1.165, 1.54) is 18.2 Å². The second kappa shape index (κ2) is 7.04. The highest BCUT2D eigenvalue weighted by atomic mass is 19.1. The Labute approximate surface area is 151 Å². The third-order valence-corrected chi connectivity index (χ3v) is 4.52. The molecule has 3 aromatic carbocycles. The van der Waals surface area contributed by atoms with Crippen LogP contribution in [-0.4, -0.2) is 20.0 Å². The van der Waals surface area contributed by atoms with Gasteiger partial charge in [0, 0.05) is 11.4 Å². The molecule has 3 nitrogen and oxygen atoms in total. The van der Waals surface area contributed by atoms with Crippen molar-refractivity contribution in [3.63, 3.8) is 0 Å². The summed E-state index contributed by atoms with van der Waals surface area (Å²) < 4.78 is 28.8. The van der Waals surface area contributed by atoms with Crippen molar-refractivity contribution >= 4 is 17.1 Å². The van der Waals surface area contributed by atoms with Crippen molar-refractivity contribution in [3.8, 4) is 0 Å². The second-order valence-corrected chi connectivity index (χ2v) is 6.29. The lowest BCUT2D eigenvalue weighted by molar-refractivity contribution is 0.545. The molecule has 0 bridgehead atoms. The van der Waals surface area contributed by atoms with E-state index in [2.05, 4.69) is 9.80 Å². The summed E-state index contributed by atoms with van der Waals surface area (Å²) in [6, 6.07) is 23.8. The molecule has 1 saturated heterocycles. The summed E-state index contributed by atoms with van der Waals surface area (Å²) in [5.41, 5.74) is 2.03. The third kappa shape index (κ3) is 3.20. The van der Waals surface area contributed by atoms with E-state index in [1.807, 2.05) is 60.7 Å². The summed E-state index contributed by atoms with van der Waals surface area (Å²) in [6.07, 6.45) is 0. The molecule has 4 rings (SSSR count). The molecule has 1 aliphatic heterocycles. The van der Waals surface area contributed by atoms with Gasteiger partial charge in [0.1, 0.15) is 17.3 Å². The fourth-order valence-corrected chi connectivity index (χ4v) is 3.29. The monoisotopic (exact) mass is 351 g/mol. The van der Waals surface area contributed by atoms with Crippen LogP contribution in [0.4, 0.5) is 25.8 Å². The van der Waals surface area contributed by atoms with Crippen LogP contribution in [0, 0.1) is 11.6 Å². The van der Waals surface area contributed by atoms with Crippen molar-refractivity contribution in [2.75, 3.05) is 34.7 Å². The molecule has 0 aromatic heterocycles. The Kier molecular flexibility index (Phi) is 4.44. The fourth-order valence-electron chi connectivity index (χ4n) is 3.29. The lowest BCUT2D eigenvalue weighted by atomic mass is 10.2. The Balaban J connectivity index is 1.72. The molecule has 0 spiro atoms. The van der Waals surface area contributed by atoms with E-state index in [-0.39, 0.29) is 5.69 Å². The number of halogens is 2. The van der Waals surface area contributed by atoms with Gasteiger partial charge < -0.3 is 14.7 Å². The van der Waals surface area contributed by atoms with Gasteiger partial charge in [0.15, 0.2) is 0 Å². The van der Waals surface area contributed by atoms with Crippen molar-refractivity contribution in [1.82, 2.24) is 0 Å². The van der Waals surface area contributed by atoms with E-state index in [0.29, 0.717) is 20.0 Å². The summed E-state index contributed by atoms with van der Waals surface area (Å²) in [5.74, 6) is -1.10. The van der Waals surface area contributed by atoms with E-state index in [1.54, 1.807) is 4.90 Å². The minimum atomic E-state index is -0.548. The predicted octanol–water partition coefficient (Wildman–Crippen LogP) is 4.67. The quantitative estimate of drug-likeness (QED) is 0.679. The molecule has 26 heavy (non-hydrogen) atoms. The van der Waals surface area contributed by atoms with Gasteiger partial charge in [-0.2, -0.15) is 0 Å². The first kappa shape index (κ1) is 16.4. The highest BCUT2D eigenvalue weighted by Gasteiger charge is 2.27. The second-order valence-electron chi connectivity index (χ2n) is 6.29. The van der Waals surface area contributed by atoms with Crippen LogP contribution in [0.3, 0.4) is 0 Å². The average molecular weight is 351 g/mol. The number of hydrogen-bond donors (Lipinski definition) is 0. The van der Waals surface area contributed by atoms with E-state index < -0.39 is 11.6 Å². The van der Waals surface area contributed by atoms with Gasteiger partial charge in [-0.25, -0.2) is 8.78 Å². The van der Waals surface area contributed by atoms with Crippen LogP contribution in [0.2, 0.25) is 0 Å². The van der Waals surface area contributed by atoms with E-state index in [4.69, 9.17) is 0 Å². The molecule has 0 saturated carbocycles. The van der Waals surface area contributed by atoms with Gasteiger partial charge >= 0.3 is 0 Å². The van der Waals surface area contributed by atoms with Gasteiger partial charge in [0.2, 0.25) is 0 Å². The number of rotatable bonds is 3. The van der Waals surface area contributed by atoms with Crippen LogP contribution in [0.25, 0.3) is 0 Å². The van der Waals surface area contributed by atoms with Gasteiger partial charge in [-0.3, -0.25) is 0 Å². The van der Waals surface area contributed by atoms with Crippen LogP contribution < -0.4 is 14.7 Å². The molecule has 1 fully saturated rings. The maximum absolute atomic E-state index is 14.4. The molecule has 1 aliphatic rings. The maximum Gasteiger partial charge on any atom is 0.149 e. The van der Waals surface area contributed by atoms with Crippen LogP contribution in [0.15, 0.2) is 78.9 Å². The Morgan fingerprint density at radius 1 is 0.500 bits per heavy atom. The number of nitrogens with zero attached hydrogens (tertiary/aromatic N) is 3. The highest BCUT2D eigenvalue weighted by Crippen LogP contribution is 2.29. The number of anilines is 3. The summed E-state index contributed by atoms with van der Waals surface area (Å²) >= 11 is 0. The summed E-state index contributed by atoms with van der Waals surface area (Å²) in [7, 11) is 0. The van der Waals surface area contributed by atoms with Crippen molar-refractivity contribution in [2.24, 2.45) is 0 Å². The van der Waals surface area contributed by atoms with E-state index in [9.17, 15) is 8.78 Å². The first-order chi connectivity index (χ1) is 12.7. The molecular formula is C21H19F2N3. The molecular weight excluding hydrogens is 332 g/mol. The molecule has 0 amide bonds. The standard InChI is InChI=1S/C21H19F2N3/c22-19-12-7-13-20(23)21(19)26-15-24(17-8-3-1-4-9-17)14-25(16-26)18-10-5-2-6-11-18/h1-13H,14-16H2. The van der Waals surface area contributed by atoms with Gasteiger partial charge in [0.25, 0.3) is 0 Å². The molecule has 0 N–H and O–H groups in total. The molecule has 0 aliphatic carbocycles. The number of benzene rings is 3. The molecule has 0 radical (unpaired) electrons. The zero-order valence-electron chi connectivity index (χ0n) is 14.2. The number of hydrogen-bond acceptors (Lipinski definition) is 3. The summed E-state index contributed by atoms with van der Waals surface area (Å²) in [6.45, 7) is 1.46. The zero-order chi connectivity index (χ0) is 17.9. The molecule has 3 aromatic rings. The van der Waals surface area contributed by atoms with E-state index in [0.717, 1.165) is 11.4 Å². The number of para-hydroxylation sites is 3. The SMILES string of the molecule is Fc1cccc(F)c1N1CN(c2ccccc2)CN(c2ccccc2)C1. The van der Waals surface area contributed by atoms with Gasteiger partial charge in [-0.15, -0.1) is 0 Å². The first-order valence-corrected chi connectivity index (χ1v) is 8.51. The predicted molar refractivity (Wildman–Crippen MR) is 101 cm³/mol. The lowest BCUT2D eigenvalue weighted by Gasteiger charge is -2.45. The highest BCUT2D eigenvalue weighted by molar-refractivity contribution is 5.59. The third-order valence-electron chi connectivity index (χ3n) is 4.52. The maximum atomic E-state index is 14.4. The first-order valence-electron chi connectivity index (χ1n) is 8.51. The van der Waals surface area contributed by atoms with E-state index >= 15 is 0 Å². The van der Waals surface area contributed by atoms with Gasteiger partial charge in [-0.1, -0.05) is 42.5 Å². The zero-order valence-corrected chi connectivity index (χ0v) is 14.2. The average Bonchev–Trinajstić information content (AvgIpc) is 2.69. The Hall–Kier alpha value is -3.08. The normalized spacial score (nSPS) is 14.6. The molecule has 1 heterocycles. The molecule has 0 atom stereocenters. The summed E-state index contributed by atoms with van der Waals surface area (Å²) in [4.78, 5) is 5.93.